The minimum Gasteiger partial charge on any atom is -0.379 e. The van der Waals surface area contributed by atoms with Crippen molar-refractivity contribution in [2.24, 2.45) is 0 Å². The molecular formula is C14H20FNO2. The number of halogens is 1. The summed E-state index contributed by atoms with van der Waals surface area (Å²) in [5.74, 6) is -0.186. The smallest absolute Gasteiger partial charge is 0.128 e. The summed E-state index contributed by atoms with van der Waals surface area (Å²) in [5.41, 5.74) is 1.48. The van der Waals surface area contributed by atoms with Gasteiger partial charge in [-0.1, -0.05) is 6.07 Å². The van der Waals surface area contributed by atoms with Crippen molar-refractivity contribution < 1.29 is 13.9 Å². The predicted octanol–water partition coefficient (Wildman–Crippen LogP) is 2.74. The third-order valence-corrected chi connectivity index (χ3v) is 3.51. The molecule has 1 aliphatic rings. The molecule has 1 fully saturated rings. The Balaban J connectivity index is 2.00. The second kappa shape index (κ2) is 5.67. The van der Waals surface area contributed by atoms with E-state index in [-0.39, 0.29) is 24.1 Å². The standard InChI is InChI=1S/C14H20FNO2/c1-4-18-13-8-12(14(13)17-3)16-11-7-5-6-10(15)9(11)2/h5-7,12-14,16H,4,8H2,1-3H3. The summed E-state index contributed by atoms with van der Waals surface area (Å²) in [6, 6.07) is 5.26. The van der Waals surface area contributed by atoms with E-state index in [1.165, 1.54) is 6.07 Å². The average Bonchev–Trinajstić information content (AvgIpc) is 2.33. The number of anilines is 1. The van der Waals surface area contributed by atoms with Crippen molar-refractivity contribution in [2.45, 2.75) is 38.5 Å². The van der Waals surface area contributed by atoms with Gasteiger partial charge in [-0.25, -0.2) is 4.39 Å². The van der Waals surface area contributed by atoms with E-state index < -0.39 is 0 Å². The third-order valence-electron chi connectivity index (χ3n) is 3.51. The molecular weight excluding hydrogens is 233 g/mol. The lowest BCUT2D eigenvalue weighted by molar-refractivity contribution is -0.118. The van der Waals surface area contributed by atoms with Gasteiger partial charge in [0, 0.05) is 25.0 Å². The third kappa shape index (κ3) is 2.49. The normalized spacial score (nSPS) is 26.8. The Kier molecular flexibility index (Phi) is 4.19. The Morgan fingerprint density at radius 3 is 2.89 bits per heavy atom. The number of rotatable bonds is 5. The first-order valence-corrected chi connectivity index (χ1v) is 6.33. The number of nitrogens with one attached hydrogen (secondary N) is 1. The molecule has 1 saturated carbocycles. The van der Waals surface area contributed by atoms with Gasteiger partial charge in [-0.15, -0.1) is 0 Å². The number of ether oxygens (including phenoxy) is 2. The van der Waals surface area contributed by atoms with E-state index in [1.54, 1.807) is 20.1 Å². The lowest BCUT2D eigenvalue weighted by atomic mass is 9.85. The molecule has 0 spiro atoms. The Labute approximate surface area is 107 Å². The Hall–Kier alpha value is -1.13. The average molecular weight is 253 g/mol. The number of benzene rings is 1. The quantitative estimate of drug-likeness (QED) is 0.875. The molecule has 3 atom stereocenters. The van der Waals surface area contributed by atoms with Crippen LogP contribution in [0.4, 0.5) is 10.1 Å². The van der Waals surface area contributed by atoms with Crippen LogP contribution in [0.25, 0.3) is 0 Å². The second-order valence-electron chi connectivity index (χ2n) is 4.59. The molecule has 1 aromatic carbocycles. The molecule has 1 aromatic rings. The first kappa shape index (κ1) is 13.3. The second-order valence-corrected chi connectivity index (χ2v) is 4.59. The zero-order valence-electron chi connectivity index (χ0n) is 11.1. The molecule has 3 unspecified atom stereocenters. The molecule has 3 nitrogen and oxygen atoms in total. The highest BCUT2D eigenvalue weighted by molar-refractivity contribution is 5.52. The maximum absolute atomic E-state index is 13.4. The molecule has 18 heavy (non-hydrogen) atoms. The van der Waals surface area contributed by atoms with Crippen molar-refractivity contribution in [1.82, 2.24) is 0 Å². The van der Waals surface area contributed by atoms with Gasteiger partial charge in [0.05, 0.1) is 12.1 Å². The molecule has 0 amide bonds. The Morgan fingerprint density at radius 2 is 2.22 bits per heavy atom. The Bertz CT molecular complexity index is 411. The van der Waals surface area contributed by atoms with Crippen LogP contribution in [0.1, 0.15) is 18.9 Å². The van der Waals surface area contributed by atoms with Crippen molar-refractivity contribution in [1.29, 1.82) is 0 Å². The molecule has 1 N–H and O–H groups in total. The molecule has 0 aliphatic heterocycles. The molecule has 1 aliphatic carbocycles. The number of hydrogen-bond acceptors (Lipinski definition) is 3. The number of hydrogen-bond donors (Lipinski definition) is 1. The predicted molar refractivity (Wildman–Crippen MR) is 69.4 cm³/mol. The molecule has 0 aromatic heterocycles. The fraction of sp³-hybridized carbons (Fsp3) is 0.571. The molecule has 0 radical (unpaired) electrons. The fourth-order valence-corrected chi connectivity index (χ4v) is 2.38. The van der Waals surface area contributed by atoms with Crippen molar-refractivity contribution in [3.05, 3.63) is 29.6 Å². The summed E-state index contributed by atoms with van der Waals surface area (Å²) in [6.45, 7) is 4.44. The van der Waals surface area contributed by atoms with Gasteiger partial charge in [-0.3, -0.25) is 0 Å². The van der Waals surface area contributed by atoms with Gasteiger partial charge in [0.25, 0.3) is 0 Å². The Morgan fingerprint density at radius 1 is 1.44 bits per heavy atom. The van der Waals surface area contributed by atoms with Gasteiger partial charge >= 0.3 is 0 Å². The topological polar surface area (TPSA) is 30.5 Å². The summed E-state index contributed by atoms with van der Waals surface area (Å²) in [6.07, 6.45) is 1.07. The highest BCUT2D eigenvalue weighted by Gasteiger charge is 2.42. The summed E-state index contributed by atoms with van der Waals surface area (Å²) in [4.78, 5) is 0. The van der Waals surface area contributed by atoms with Crippen LogP contribution in [0.15, 0.2) is 18.2 Å². The molecule has 0 heterocycles. The molecule has 100 valence electrons. The minimum atomic E-state index is -0.186. The maximum atomic E-state index is 13.4. The maximum Gasteiger partial charge on any atom is 0.128 e. The van der Waals surface area contributed by atoms with Crippen LogP contribution in [0, 0.1) is 12.7 Å². The summed E-state index contributed by atoms with van der Waals surface area (Å²) in [7, 11) is 1.68. The van der Waals surface area contributed by atoms with E-state index in [4.69, 9.17) is 9.47 Å². The highest BCUT2D eigenvalue weighted by atomic mass is 19.1. The summed E-state index contributed by atoms with van der Waals surface area (Å²) >= 11 is 0. The van der Waals surface area contributed by atoms with Crippen molar-refractivity contribution in [2.75, 3.05) is 19.0 Å². The van der Waals surface area contributed by atoms with Crippen LogP contribution in [0.3, 0.4) is 0 Å². The molecule has 0 bridgehead atoms. The molecule has 0 saturated heterocycles. The van der Waals surface area contributed by atoms with Gasteiger partial charge in [-0.2, -0.15) is 0 Å². The van der Waals surface area contributed by atoms with Crippen LogP contribution in [-0.4, -0.2) is 32.0 Å². The largest absolute Gasteiger partial charge is 0.379 e. The van der Waals surface area contributed by atoms with Gasteiger partial charge in [-0.05, 0) is 32.4 Å². The minimum absolute atomic E-state index is 0.0348. The highest BCUT2D eigenvalue weighted by Crippen LogP contribution is 2.31. The van der Waals surface area contributed by atoms with Crippen LogP contribution >= 0.6 is 0 Å². The van der Waals surface area contributed by atoms with E-state index in [1.807, 2.05) is 13.0 Å². The van der Waals surface area contributed by atoms with Crippen molar-refractivity contribution >= 4 is 5.69 Å². The van der Waals surface area contributed by atoms with Crippen LogP contribution < -0.4 is 5.32 Å². The first-order valence-electron chi connectivity index (χ1n) is 6.33. The van der Waals surface area contributed by atoms with Gasteiger partial charge < -0.3 is 14.8 Å². The van der Waals surface area contributed by atoms with Gasteiger partial charge in [0.15, 0.2) is 0 Å². The summed E-state index contributed by atoms with van der Waals surface area (Å²) in [5, 5.41) is 3.33. The van der Waals surface area contributed by atoms with Crippen LogP contribution in [0.5, 0.6) is 0 Å². The van der Waals surface area contributed by atoms with Crippen LogP contribution in [-0.2, 0) is 9.47 Å². The lowest BCUT2D eigenvalue weighted by Gasteiger charge is -2.44. The molecule has 4 heteroatoms. The van der Waals surface area contributed by atoms with Gasteiger partial charge in [0.2, 0.25) is 0 Å². The zero-order valence-corrected chi connectivity index (χ0v) is 11.1. The lowest BCUT2D eigenvalue weighted by Crippen LogP contribution is -2.56. The summed E-state index contributed by atoms with van der Waals surface area (Å²) < 4.78 is 24.4. The SMILES string of the molecule is CCOC1CC(Nc2cccc(F)c2C)C1OC. The van der Waals surface area contributed by atoms with E-state index >= 15 is 0 Å². The van der Waals surface area contributed by atoms with Crippen molar-refractivity contribution in [3.63, 3.8) is 0 Å². The van der Waals surface area contributed by atoms with Crippen LogP contribution in [0.2, 0.25) is 0 Å². The van der Waals surface area contributed by atoms with E-state index in [2.05, 4.69) is 5.32 Å². The monoisotopic (exact) mass is 253 g/mol. The van der Waals surface area contributed by atoms with E-state index in [9.17, 15) is 4.39 Å². The zero-order chi connectivity index (χ0) is 13.1. The number of methoxy groups -OCH3 is 1. The fourth-order valence-electron chi connectivity index (χ4n) is 2.38. The first-order chi connectivity index (χ1) is 8.67. The molecule has 2 rings (SSSR count). The van der Waals surface area contributed by atoms with Gasteiger partial charge in [0.1, 0.15) is 11.9 Å². The van der Waals surface area contributed by atoms with Crippen molar-refractivity contribution in [3.8, 4) is 0 Å². The van der Waals surface area contributed by atoms with E-state index in [0.717, 1.165) is 12.1 Å². The van der Waals surface area contributed by atoms with E-state index in [0.29, 0.717) is 12.2 Å².